The molecule has 0 radical (unpaired) electrons. The number of hydrogen-bond acceptors (Lipinski definition) is 4. The van der Waals surface area contributed by atoms with E-state index in [-0.39, 0.29) is 11.4 Å². The molecule has 0 saturated heterocycles. The van der Waals surface area contributed by atoms with Crippen molar-refractivity contribution in [3.8, 4) is 5.75 Å². The molecular formula is C21H30N4O3S. The molecule has 0 fully saturated rings. The summed E-state index contributed by atoms with van der Waals surface area (Å²) in [5.74, 6) is 1.89. The first-order valence-corrected chi connectivity index (χ1v) is 11.1. The van der Waals surface area contributed by atoms with E-state index in [1.165, 1.54) is 5.56 Å². The summed E-state index contributed by atoms with van der Waals surface area (Å²) in [6, 6.07) is 16.4. The van der Waals surface area contributed by atoms with Crippen LogP contribution in [-0.4, -0.2) is 48.2 Å². The van der Waals surface area contributed by atoms with Gasteiger partial charge in [0.05, 0.1) is 12.0 Å². The van der Waals surface area contributed by atoms with Crippen LogP contribution in [0.2, 0.25) is 0 Å². The number of nitrogens with zero attached hydrogens (tertiary/aromatic N) is 1. The summed E-state index contributed by atoms with van der Waals surface area (Å²) in [4.78, 5) is 4.43. The summed E-state index contributed by atoms with van der Waals surface area (Å²) in [6.45, 7) is 3.63. The van der Waals surface area contributed by atoms with Gasteiger partial charge in [0.2, 0.25) is 10.0 Å². The van der Waals surface area contributed by atoms with E-state index >= 15 is 0 Å². The van der Waals surface area contributed by atoms with Gasteiger partial charge in [0.15, 0.2) is 5.96 Å². The molecule has 8 heteroatoms. The zero-order valence-corrected chi connectivity index (χ0v) is 18.0. The Kier molecular flexibility index (Phi) is 8.95. The lowest BCUT2D eigenvalue weighted by Gasteiger charge is -2.15. The van der Waals surface area contributed by atoms with Gasteiger partial charge in [0, 0.05) is 26.7 Å². The minimum atomic E-state index is -3.49. The van der Waals surface area contributed by atoms with Crippen LogP contribution in [0.25, 0.3) is 0 Å². The molecule has 0 saturated carbocycles. The van der Waals surface area contributed by atoms with Gasteiger partial charge in [-0.05, 0) is 42.2 Å². The molecule has 0 bridgehead atoms. The molecule has 2 aromatic carbocycles. The van der Waals surface area contributed by atoms with Crippen LogP contribution in [0, 0.1) is 0 Å². The molecule has 0 aliphatic heterocycles. The Morgan fingerprint density at radius 2 is 1.66 bits per heavy atom. The summed E-state index contributed by atoms with van der Waals surface area (Å²) in [7, 11) is -0.137. The van der Waals surface area contributed by atoms with Crippen LogP contribution >= 0.6 is 0 Å². The molecule has 2 rings (SSSR count). The number of benzene rings is 2. The lowest BCUT2D eigenvalue weighted by Crippen LogP contribution is -2.42. The number of hydrogen-bond donors (Lipinski definition) is 3. The number of sulfonamides is 1. The molecule has 7 nitrogen and oxygen atoms in total. The first kappa shape index (κ1) is 22.7. The van der Waals surface area contributed by atoms with Crippen molar-refractivity contribution < 1.29 is 13.2 Å². The molecule has 158 valence electrons. The third-order valence-electron chi connectivity index (χ3n) is 4.54. The van der Waals surface area contributed by atoms with E-state index in [0.717, 1.165) is 18.7 Å². The van der Waals surface area contributed by atoms with E-state index in [4.69, 9.17) is 4.74 Å². The lowest BCUT2D eigenvalue weighted by molar-refractivity contribution is 0.414. The summed E-state index contributed by atoms with van der Waals surface area (Å²) < 4.78 is 32.1. The van der Waals surface area contributed by atoms with Crippen molar-refractivity contribution in [2.75, 3.05) is 33.8 Å². The van der Waals surface area contributed by atoms with Gasteiger partial charge in [0.25, 0.3) is 0 Å². The van der Waals surface area contributed by atoms with Crippen LogP contribution in [0.1, 0.15) is 24.8 Å². The Hall–Kier alpha value is -2.58. The number of guanidine groups is 1. The minimum absolute atomic E-state index is 0.259. The van der Waals surface area contributed by atoms with Gasteiger partial charge in [-0.15, -0.1) is 0 Å². The maximum Gasteiger partial charge on any atom is 0.240 e. The third-order valence-corrected chi connectivity index (χ3v) is 6.02. The van der Waals surface area contributed by atoms with Crippen LogP contribution in [0.3, 0.4) is 0 Å². The third kappa shape index (κ3) is 7.40. The van der Waals surface area contributed by atoms with Gasteiger partial charge in [-0.25, -0.2) is 13.1 Å². The van der Waals surface area contributed by atoms with Crippen molar-refractivity contribution in [2.24, 2.45) is 4.99 Å². The van der Waals surface area contributed by atoms with Crippen LogP contribution in [0.4, 0.5) is 0 Å². The SMILES string of the molecule is CN=C(NCCNS(=O)(=O)c1ccccc1)NCCC(C)c1ccc(OC)cc1. The maximum atomic E-state index is 12.2. The van der Waals surface area contributed by atoms with Crippen LogP contribution in [0.5, 0.6) is 5.75 Å². The summed E-state index contributed by atoms with van der Waals surface area (Å²) in [5.41, 5.74) is 1.26. The van der Waals surface area contributed by atoms with Gasteiger partial charge in [-0.2, -0.15) is 0 Å². The highest BCUT2D eigenvalue weighted by Crippen LogP contribution is 2.21. The summed E-state index contributed by atoms with van der Waals surface area (Å²) >= 11 is 0. The standard InChI is InChI=1S/C21H30N4O3S/c1-17(18-9-11-19(28-3)12-10-18)13-14-23-21(22-2)24-15-16-25-29(26,27)20-7-5-4-6-8-20/h4-12,17,25H,13-16H2,1-3H3,(H2,22,23,24). The molecule has 0 aliphatic rings. The molecule has 0 amide bonds. The van der Waals surface area contributed by atoms with Crippen molar-refractivity contribution >= 4 is 16.0 Å². The molecule has 0 aliphatic carbocycles. The zero-order chi connectivity index (χ0) is 21.1. The topological polar surface area (TPSA) is 91.8 Å². The Morgan fingerprint density at radius 3 is 2.28 bits per heavy atom. The van der Waals surface area contributed by atoms with E-state index in [1.54, 1.807) is 44.5 Å². The average Bonchev–Trinajstić information content (AvgIpc) is 2.76. The van der Waals surface area contributed by atoms with Crippen molar-refractivity contribution in [1.29, 1.82) is 0 Å². The predicted molar refractivity (Wildman–Crippen MR) is 117 cm³/mol. The highest BCUT2D eigenvalue weighted by molar-refractivity contribution is 7.89. The summed E-state index contributed by atoms with van der Waals surface area (Å²) in [6.07, 6.45) is 0.938. The zero-order valence-electron chi connectivity index (χ0n) is 17.2. The Balaban J connectivity index is 1.69. The van der Waals surface area contributed by atoms with Crippen LogP contribution < -0.4 is 20.1 Å². The molecular weight excluding hydrogens is 388 g/mol. The fraction of sp³-hybridized carbons (Fsp3) is 0.381. The van der Waals surface area contributed by atoms with Crippen molar-refractivity contribution in [3.05, 3.63) is 60.2 Å². The van der Waals surface area contributed by atoms with E-state index < -0.39 is 10.0 Å². The highest BCUT2D eigenvalue weighted by atomic mass is 32.2. The predicted octanol–water partition coefficient (Wildman–Crippen LogP) is 2.33. The fourth-order valence-corrected chi connectivity index (χ4v) is 3.83. The Morgan fingerprint density at radius 1 is 1.00 bits per heavy atom. The van der Waals surface area contributed by atoms with Gasteiger partial charge >= 0.3 is 0 Å². The van der Waals surface area contributed by atoms with E-state index in [0.29, 0.717) is 18.4 Å². The second-order valence-corrected chi connectivity index (χ2v) is 8.37. The lowest BCUT2D eigenvalue weighted by atomic mass is 9.98. The molecule has 29 heavy (non-hydrogen) atoms. The van der Waals surface area contributed by atoms with Crippen molar-refractivity contribution in [3.63, 3.8) is 0 Å². The average molecular weight is 419 g/mol. The quantitative estimate of drug-likeness (QED) is 0.313. The molecule has 0 heterocycles. The number of methoxy groups -OCH3 is 1. The smallest absolute Gasteiger partial charge is 0.240 e. The van der Waals surface area contributed by atoms with E-state index in [1.807, 2.05) is 12.1 Å². The number of rotatable bonds is 10. The largest absolute Gasteiger partial charge is 0.497 e. The normalized spacial score (nSPS) is 13.0. The van der Waals surface area contributed by atoms with Crippen molar-refractivity contribution in [1.82, 2.24) is 15.4 Å². The molecule has 1 unspecified atom stereocenters. The number of aliphatic imine (C=N–C) groups is 1. The Bertz CT molecular complexity index is 869. The molecule has 0 spiro atoms. The fourth-order valence-electron chi connectivity index (χ4n) is 2.78. The molecule has 1 atom stereocenters. The van der Waals surface area contributed by atoms with Gasteiger partial charge in [-0.1, -0.05) is 37.3 Å². The second-order valence-electron chi connectivity index (χ2n) is 6.60. The highest BCUT2D eigenvalue weighted by Gasteiger charge is 2.12. The van der Waals surface area contributed by atoms with Gasteiger partial charge in [-0.3, -0.25) is 4.99 Å². The molecule has 0 aromatic heterocycles. The minimum Gasteiger partial charge on any atom is -0.497 e. The first-order chi connectivity index (χ1) is 14.0. The van der Waals surface area contributed by atoms with Gasteiger partial charge < -0.3 is 15.4 Å². The van der Waals surface area contributed by atoms with Crippen LogP contribution in [0.15, 0.2) is 64.5 Å². The number of ether oxygens (including phenoxy) is 1. The molecule has 2 aromatic rings. The molecule has 3 N–H and O–H groups in total. The first-order valence-electron chi connectivity index (χ1n) is 9.59. The maximum absolute atomic E-state index is 12.2. The van der Waals surface area contributed by atoms with Crippen LogP contribution in [-0.2, 0) is 10.0 Å². The Labute approximate surface area is 173 Å². The monoisotopic (exact) mass is 418 g/mol. The summed E-state index contributed by atoms with van der Waals surface area (Å²) in [5, 5.41) is 6.38. The van der Waals surface area contributed by atoms with Crippen molar-refractivity contribution in [2.45, 2.75) is 24.2 Å². The van der Waals surface area contributed by atoms with E-state index in [2.05, 4.69) is 39.4 Å². The second kappa shape index (κ2) is 11.4. The number of nitrogens with one attached hydrogen (secondary N) is 3. The van der Waals surface area contributed by atoms with E-state index in [9.17, 15) is 8.42 Å². The van der Waals surface area contributed by atoms with Gasteiger partial charge in [0.1, 0.15) is 5.75 Å².